The van der Waals surface area contributed by atoms with Crippen molar-refractivity contribution in [2.24, 2.45) is 0 Å². The molecule has 6 heteroatoms. The number of aromatic hydroxyl groups is 1. The summed E-state index contributed by atoms with van der Waals surface area (Å²) >= 11 is 5.86. The van der Waals surface area contributed by atoms with Crippen molar-refractivity contribution in [2.75, 3.05) is 0 Å². The first kappa shape index (κ1) is 14.0. The molecular formula is C16H8ClNO4. The second-order valence-corrected chi connectivity index (χ2v) is 4.98. The molecule has 0 saturated carbocycles. The summed E-state index contributed by atoms with van der Waals surface area (Å²) in [7, 11) is 0. The molecule has 0 atom stereocenters. The zero-order valence-corrected chi connectivity index (χ0v) is 11.8. The van der Waals surface area contributed by atoms with Crippen LogP contribution in [0.4, 0.5) is 5.69 Å². The van der Waals surface area contributed by atoms with Gasteiger partial charge in [0.05, 0.1) is 6.57 Å². The fraction of sp³-hybridized carbons (Fsp3) is 0. The lowest BCUT2D eigenvalue weighted by atomic mass is 10.0. The quantitative estimate of drug-likeness (QED) is 0.672. The summed E-state index contributed by atoms with van der Waals surface area (Å²) in [6, 6.07) is 9.01. The summed E-state index contributed by atoms with van der Waals surface area (Å²) in [5.74, 6) is -1.57. The Morgan fingerprint density at radius 2 is 2.00 bits per heavy atom. The fourth-order valence-electron chi connectivity index (χ4n) is 2.26. The zero-order valence-electron chi connectivity index (χ0n) is 11.0. The van der Waals surface area contributed by atoms with E-state index in [1.54, 1.807) is 24.3 Å². The lowest BCUT2D eigenvalue weighted by Crippen LogP contribution is -1.96. The number of halogens is 1. The summed E-state index contributed by atoms with van der Waals surface area (Å²) in [6.07, 6.45) is 0. The first-order valence-corrected chi connectivity index (χ1v) is 6.54. The third-order valence-corrected chi connectivity index (χ3v) is 3.43. The van der Waals surface area contributed by atoms with Crippen molar-refractivity contribution in [3.63, 3.8) is 0 Å². The van der Waals surface area contributed by atoms with Gasteiger partial charge in [0.25, 0.3) is 0 Å². The second kappa shape index (κ2) is 5.10. The Kier molecular flexibility index (Phi) is 3.24. The van der Waals surface area contributed by atoms with Crippen molar-refractivity contribution >= 4 is 34.2 Å². The number of aromatic carboxylic acids is 1. The Hall–Kier alpha value is -2.97. The van der Waals surface area contributed by atoms with E-state index < -0.39 is 5.97 Å². The molecule has 0 aliphatic carbocycles. The minimum Gasteiger partial charge on any atom is -0.507 e. The number of fused-ring (bicyclic) bond motifs is 1. The van der Waals surface area contributed by atoms with Crippen LogP contribution in [-0.4, -0.2) is 16.2 Å². The van der Waals surface area contributed by atoms with Crippen molar-refractivity contribution < 1.29 is 19.4 Å². The highest BCUT2D eigenvalue weighted by Gasteiger charge is 2.15. The zero-order chi connectivity index (χ0) is 15.9. The van der Waals surface area contributed by atoms with Crippen LogP contribution in [0.25, 0.3) is 26.9 Å². The molecule has 0 unspecified atom stereocenters. The molecule has 0 radical (unpaired) electrons. The number of hydrogen-bond donors (Lipinski definition) is 2. The van der Waals surface area contributed by atoms with E-state index in [2.05, 4.69) is 4.85 Å². The molecule has 0 fully saturated rings. The molecule has 3 aromatic rings. The molecule has 0 aliphatic rings. The van der Waals surface area contributed by atoms with Crippen molar-refractivity contribution in [1.29, 1.82) is 0 Å². The number of phenols is 1. The lowest BCUT2D eigenvalue weighted by Gasteiger charge is -2.06. The van der Waals surface area contributed by atoms with Crippen molar-refractivity contribution in [2.45, 2.75) is 0 Å². The van der Waals surface area contributed by atoms with Gasteiger partial charge in [-0.25, -0.2) is 9.64 Å². The van der Waals surface area contributed by atoms with Gasteiger partial charge in [0, 0.05) is 17.0 Å². The topological polar surface area (TPSA) is 75.0 Å². The number of carboxylic acids is 1. The average Bonchev–Trinajstić information content (AvgIpc) is 2.85. The van der Waals surface area contributed by atoms with Crippen LogP contribution >= 0.6 is 11.6 Å². The number of benzene rings is 2. The lowest BCUT2D eigenvalue weighted by molar-refractivity contribution is 0.0694. The molecule has 0 spiro atoms. The Morgan fingerprint density at radius 1 is 1.23 bits per heavy atom. The molecule has 1 heterocycles. The number of furan rings is 1. The van der Waals surface area contributed by atoms with Gasteiger partial charge in [-0.15, -0.1) is 0 Å². The predicted molar refractivity (Wildman–Crippen MR) is 81.5 cm³/mol. The van der Waals surface area contributed by atoms with E-state index >= 15 is 0 Å². The van der Waals surface area contributed by atoms with E-state index in [0.717, 1.165) is 0 Å². The van der Waals surface area contributed by atoms with Crippen LogP contribution in [-0.2, 0) is 0 Å². The number of carbonyl (C=O) groups is 1. The van der Waals surface area contributed by atoms with Crippen molar-refractivity contribution in [3.8, 4) is 16.9 Å². The Morgan fingerprint density at radius 3 is 2.64 bits per heavy atom. The maximum absolute atomic E-state index is 10.9. The number of carboxylic acid groups (broad SMARTS) is 1. The monoisotopic (exact) mass is 313 g/mol. The normalized spacial score (nSPS) is 10.5. The van der Waals surface area contributed by atoms with E-state index in [1.165, 1.54) is 12.1 Å². The van der Waals surface area contributed by atoms with Gasteiger partial charge < -0.3 is 14.6 Å². The smallest absolute Gasteiger partial charge is 0.339 e. The largest absolute Gasteiger partial charge is 0.507 e. The predicted octanol–water partition coefficient (Wildman–Crippen LogP) is 4.71. The van der Waals surface area contributed by atoms with Crippen LogP contribution in [0.3, 0.4) is 0 Å². The van der Waals surface area contributed by atoms with E-state index in [9.17, 15) is 9.90 Å². The highest BCUT2D eigenvalue weighted by molar-refractivity contribution is 6.30. The summed E-state index contributed by atoms with van der Waals surface area (Å²) in [4.78, 5) is 14.3. The van der Waals surface area contributed by atoms with Gasteiger partial charge in [0.15, 0.2) is 10.9 Å². The van der Waals surface area contributed by atoms with Gasteiger partial charge in [-0.05, 0) is 41.4 Å². The van der Waals surface area contributed by atoms with E-state index in [-0.39, 0.29) is 16.5 Å². The van der Waals surface area contributed by atoms with E-state index in [1.807, 2.05) is 0 Å². The van der Waals surface area contributed by atoms with Crippen molar-refractivity contribution in [1.82, 2.24) is 0 Å². The number of rotatable bonds is 2. The Labute approximate surface area is 129 Å². The number of hydrogen-bond acceptors (Lipinski definition) is 3. The molecule has 0 saturated heterocycles. The second-order valence-electron chi connectivity index (χ2n) is 4.61. The van der Waals surface area contributed by atoms with Crippen LogP contribution < -0.4 is 0 Å². The molecule has 0 amide bonds. The first-order valence-electron chi connectivity index (χ1n) is 6.17. The van der Waals surface area contributed by atoms with Gasteiger partial charge >= 0.3 is 5.97 Å². The summed E-state index contributed by atoms with van der Waals surface area (Å²) in [5.41, 5.74) is 1.76. The van der Waals surface area contributed by atoms with Crippen LogP contribution in [0.15, 0.2) is 40.8 Å². The molecule has 0 aliphatic heterocycles. The SMILES string of the molecule is [C-]#[N+]c1cc(-c2ccc(C(=O)O)c(O)c2)c2oc(Cl)cc2c1. The third kappa shape index (κ3) is 2.26. The van der Waals surface area contributed by atoms with Crippen LogP contribution in [0, 0.1) is 6.57 Å². The minimum absolute atomic E-state index is 0.185. The molecule has 108 valence electrons. The maximum atomic E-state index is 10.9. The van der Waals surface area contributed by atoms with Crippen LogP contribution in [0.1, 0.15) is 10.4 Å². The molecule has 2 N–H and O–H groups in total. The highest BCUT2D eigenvalue weighted by Crippen LogP contribution is 2.37. The van der Waals surface area contributed by atoms with Gasteiger partial charge in [-0.1, -0.05) is 6.07 Å². The minimum atomic E-state index is -1.22. The van der Waals surface area contributed by atoms with Crippen molar-refractivity contribution in [3.05, 3.63) is 58.6 Å². The van der Waals surface area contributed by atoms with Gasteiger partial charge in [0.1, 0.15) is 16.9 Å². The summed E-state index contributed by atoms with van der Waals surface area (Å²) < 4.78 is 5.44. The maximum Gasteiger partial charge on any atom is 0.339 e. The summed E-state index contributed by atoms with van der Waals surface area (Å²) in [6.45, 7) is 7.15. The molecule has 0 bridgehead atoms. The Balaban J connectivity index is 2.27. The van der Waals surface area contributed by atoms with E-state index in [0.29, 0.717) is 27.8 Å². The van der Waals surface area contributed by atoms with Crippen LogP contribution in [0.2, 0.25) is 5.22 Å². The number of nitrogens with zero attached hydrogens (tertiary/aromatic N) is 1. The molecule has 22 heavy (non-hydrogen) atoms. The molecule has 5 nitrogen and oxygen atoms in total. The molecule has 3 rings (SSSR count). The third-order valence-electron chi connectivity index (χ3n) is 3.24. The van der Waals surface area contributed by atoms with Gasteiger partial charge in [-0.3, -0.25) is 0 Å². The molecular weight excluding hydrogens is 306 g/mol. The summed E-state index contributed by atoms with van der Waals surface area (Å²) in [5, 5.41) is 19.6. The Bertz CT molecular complexity index is 953. The van der Waals surface area contributed by atoms with E-state index in [4.69, 9.17) is 27.7 Å². The standard InChI is InChI=1S/C16H8ClNO4/c1-18-10-4-9-6-14(17)22-15(9)12(7-10)8-2-3-11(16(20)21)13(19)5-8/h2-7,19H,(H,20,21). The highest BCUT2D eigenvalue weighted by atomic mass is 35.5. The van der Waals surface area contributed by atoms with Gasteiger partial charge in [-0.2, -0.15) is 0 Å². The fourth-order valence-corrected chi connectivity index (χ4v) is 2.46. The average molecular weight is 314 g/mol. The molecule has 1 aromatic heterocycles. The molecule has 2 aromatic carbocycles. The first-order chi connectivity index (χ1) is 10.5. The van der Waals surface area contributed by atoms with Crippen LogP contribution in [0.5, 0.6) is 5.75 Å². The van der Waals surface area contributed by atoms with Gasteiger partial charge in [0.2, 0.25) is 0 Å².